The molecule has 0 aliphatic heterocycles. The van der Waals surface area contributed by atoms with E-state index in [9.17, 15) is 8.60 Å². The molecule has 0 aliphatic rings. The van der Waals surface area contributed by atoms with E-state index in [-0.39, 0.29) is 16.9 Å². The first-order chi connectivity index (χ1) is 10.7. The van der Waals surface area contributed by atoms with E-state index in [1.165, 1.54) is 12.3 Å². The van der Waals surface area contributed by atoms with Crippen molar-refractivity contribution in [3.8, 4) is 0 Å². The predicted molar refractivity (Wildman–Crippen MR) is 101 cm³/mol. The van der Waals surface area contributed by atoms with E-state index in [1.54, 1.807) is 6.07 Å². The Kier molecular flexibility index (Phi) is 6.89. The van der Waals surface area contributed by atoms with Crippen molar-refractivity contribution >= 4 is 19.3 Å². The quantitative estimate of drug-likeness (QED) is 0.754. The average Bonchev–Trinajstić information content (AvgIpc) is 2.42. The van der Waals surface area contributed by atoms with Crippen LogP contribution >= 0.6 is 0 Å². The summed E-state index contributed by atoms with van der Waals surface area (Å²) in [5.41, 5.74) is 0.632. The Labute approximate surface area is 149 Å². The molecule has 0 unspecified atom stereocenters. The van der Waals surface area contributed by atoms with Gasteiger partial charge in [0.15, 0.2) is 8.32 Å². The highest BCUT2D eigenvalue weighted by Gasteiger charge is 2.38. The second-order valence-electron chi connectivity index (χ2n) is 8.52. The van der Waals surface area contributed by atoms with Crippen LogP contribution in [0.15, 0.2) is 18.3 Å². The second-order valence-corrected chi connectivity index (χ2v) is 15.3. The van der Waals surface area contributed by atoms with Gasteiger partial charge in [-0.05, 0) is 51.0 Å². The summed E-state index contributed by atoms with van der Waals surface area (Å²) >= 11 is 0. The van der Waals surface area contributed by atoms with Gasteiger partial charge in [-0.3, -0.25) is 4.98 Å². The minimum absolute atomic E-state index is 0.0803. The van der Waals surface area contributed by atoms with Gasteiger partial charge in [-0.15, -0.1) is 0 Å². The van der Waals surface area contributed by atoms with Crippen LogP contribution in [0, 0.1) is 5.82 Å². The molecular weight excluding hydrogens is 343 g/mol. The van der Waals surface area contributed by atoms with Crippen molar-refractivity contribution in [1.82, 2.24) is 9.71 Å². The molecule has 1 rings (SSSR count). The van der Waals surface area contributed by atoms with E-state index >= 15 is 0 Å². The fourth-order valence-corrected chi connectivity index (χ4v) is 3.40. The lowest BCUT2D eigenvalue weighted by Gasteiger charge is -2.37. The van der Waals surface area contributed by atoms with Crippen molar-refractivity contribution in [3.05, 3.63) is 29.8 Å². The molecule has 1 aromatic heterocycles. The van der Waals surface area contributed by atoms with Gasteiger partial charge in [0.25, 0.3) is 0 Å². The highest BCUT2D eigenvalue weighted by molar-refractivity contribution is 7.84. The number of hydrogen-bond acceptors (Lipinski definition) is 3. The van der Waals surface area contributed by atoms with E-state index in [0.717, 1.165) is 0 Å². The van der Waals surface area contributed by atoms with Gasteiger partial charge in [-0.1, -0.05) is 20.8 Å². The van der Waals surface area contributed by atoms with Gasteiger partial charge in [-0.2, -0.15) is 0 Å². The van der Waals surface area contributed by atoms with Crippen LogP contribution in [-0.4, -0.2) is 28.9 Å². The van der Waals surface area contributed by atoms with Crippen molar-refractivity contribution in [2.75, 3.05) is 6.61 Å². The standard InChI is InChI=1S/C17H31FN2O2SSi/c1-16(2,3)23(21)20-15(14-10-9-13(18)11-19-14)12-22-24(7,8)17(4,5)6/h9-11,15,20H,12H2,1-8H3/t15-,23+/m0/s1. The third-order valence-corrected chi connectivity index (χ3v) is 10.4. The zero-order valence-electron chi connectivity index (χ0n) is 16.1. The van der Waals surface area contributed by atoms with Crippen LogP contribution in [0.4, 0.5) is 4.39 Å². The molecule has 0 saturated carbocycles. The molecule has 0 aromatic carbocycles. The van der Waals surface area contributed by atoms with Crippen LogP contribution in [0.3, 0.4) is 0 Å². The third-order valence-electron chi connectivity index (χ3n) is 4.33. The van der Waals surface area contributed by atoms with Crippen LogP contribution < -0.4 is 4.72 Å². The number of nitrogens with one attached hydrogen (secondary N) is 1. The number of halogens is 1. The van der Waals surface area contributed by atoms with E-state index in [1.807, 2.05) is 20.8 Å². The lowest BCUT2D eigenvalue weighted by molar-refractivity contribution is 0.255. The molecule has 0 bridgehead atoms. The molecule has 1 heterocycles. The molecule has 0 aliphatic carbocycles. The molecule has 1 N–H and O–H groups in total. The summed E-state index contributed by atoms with van der Waals surface area (Å²) in [6.07, 6.45) is 1.18. The van der Waals surface area contributed by atoms with E-state index < -0.39 is 24.1 Å². The largest absolute Gasteiger partial charge is 0.415 e. The Morgan fingerprint density at radius 1 is 1.25 bits per heavy atom. The molecular formula is C17H31FN2O2SSi. The van der Waals surface area contributed by atoms with E-state index in [2.05, 4.69) is 43.6 Å². The van der Waals surface area contributed by atoms with Gasteiger partial charge in [0.2, 0.25) is 0 Å². The summed E-state index contributed by atoms with van der Waals surface area (Å²) in [7, 11) is -3.22. The molecule has 24 heavy (non-hydrogen) atoms. The van der Waals surface area contributed by atoms with Gasteiger partial charge in [0.05, 0.1) is 40.3 Å². The molecule has 0 saturated heterocycles. The Morgan fingerprint density at radius 3 is 2.25 bits per heavy atom. The van der Waals surface area contributed by atoms with Gasteiger partial charge >= 0.3 is 0 Å². The average molecular weight is 375 g/mol. The number of aromatic nitrogens is 1. The molecule has 0 spiro atoms. The second kappa shape index (κ2) is 7.72. The van der Waals surface area contributed by atoms with Gasteiger partial charge < -0.3 is 4.43 Å². The predicted octanol–water partition coefficient (Wildman–Crippen LogP) is 4.34. The van der Waals surface area contributed by atoms with Crippen molar-refractivity contribution in [1.29, 1.82) is 0 Å². The summed E-state index contributed by atoms with van der Waals surface area (Å²) in [6.45, 7) is 16.9. The molecule has 4 nitrogen and oxygen atoms in total. The van der Waals surface area contributed by atoms with Gasteiger partial charge in [0, 0.05) is 0 Å². The van der Waals surface area contributed by atoms with Crippen LogP contribution in [0.5, 0.6) is 0 Å². The normalized spacial score (nSPS) is 16.0. The molecule has 0 radical (unpaired) electrons. The smallest absolute Gasteiger partial charge is 0.192 e. The molecule has 7 heteroatoms. The summed E-state index contributed by atoms with van der Waals surface area (Å²) in [5.74, 6) is -0.389. The van der Waals surface area contributed by atoms with Gasteiger partial charge in [-0.25, -0.2) is 13.3 Å². The number of nitrogens with zero attached hydrogens (tertiary/aromatic N) is 1. The van der Waals surface area contributed by atoms with E-state index in [4.69, 9.17) is 4.43 Å². The fraction of sp³-hybridized carbons (Fsp3) is 0.706. The maximum absolute atomic E-state index is 13.2. The number of pyridine rings is 1. The fourth-order valence-electron chi connectivity index (χ4n) is 1.59. The first kappa shape index (κ1) is 21.4. The summed E-state index contributed by atoms with van der Waals surface area (Å²) < 4.78 is 34.6. The first-order valence-electron chi connectivity index (χ1n) is 8.17. The van der Waals surface area contributed by atoms with Crippen LogP contribution in [0.25, 0.3) is 0 Å². The lowest BCUT2D eigenvalue weighted by Crippen LogP contribution is -2.44. The van der Waals surface area contributed by atoms with Crippen LogP contribution in [0.1, 0.15) is 53.3 Å². The number of rotatable bonds is 6. The Bertz CT molecular complexity index is 565. The molecule has 1 aromatic rings. The zero-order valence-corrected chi connectivity index (χ0v) is 17.9. The SMILES string of the molecule is CC(C)(C)[S@@](=O)N[C@@H](CO[Si](C)(C)C(C)(C)C)c1ccc(F)cn1. The Morgan fingerprint density at radius 2 is 1.83 bits per heavy atom. The minimum atomic E-state index is -1.95. The zero-order chi connectivity index (χ0) is 18.8. The lowest BCUT2D eigenvalue weighted by atomic mass is 10.2. The first-order valence-corrected chi connectivity index (χ1v) is 12.2. The molecule has 0 fully saturated rings. The maximum atomic E-state index is 13.2. The number of hydrogen-bond donors (Lipinski definition) is 1. The van der Waals surface area contributed by atoms with Crippen molar-refractivity contribution < 1.29 is 13.0 Å². The molecule has 138 valence electrons. The minimum Gasteiger partial charge on any atom is -0.415 e. The third kappa shape index (κ3) is 6.02. The van der Waals surface area contributed by atoms with Crippen molar-refractivity contribution in [2.45, 2.75) is 70.5 Å². The molecule has 2 atom stereocenters. The van der Waals surface area contributed by atoms with Crippen molar-refractivity contribution in [3.63, 3.8) is 0 Å². The van der Waals surface area contributed by atoms with Crippen LogP contribution in [0.2, 0.25) is 18.1 Å². The Balaban J connectivity index is 2.98. The summed E-state index contributed by atoms with van der Waals surface area (Å²) in [6, 6.07) is 2.63. The van der Waals surface area contributed by atoms with E-state index in [0.29, 0.717) is 12.3 Å². The highest BCUT2D eigenvalue weighted by atomic mass is 32.2. The van der Waals surface area contributed by atoms with Crippen LogP contribution in [-0.2, 0) is 15.4 Å². The monoisotopic (exact) mass is 374 g/mol. The summed E-state index contributed by atoms with van der Waals surface area (Å²) in [5, 5.41) is 0.0803. The maximum Gasteiger partial charge on any atom is 0.192 e. The van der Waals surface area contributed by atoms with Gasteiger partial charge in [0.1, 0.15) is 5.82 Å². The Hall–Kier alpha value is -0.633. The molecule has 0 amide bonds. The highest BCUT2D eigenvalue weighted by Crippen LogP contribution is 2.37. The summed E-state index contributed by atoms with van der Waals surface area (Å²) in [4.78, 5) is 4.14. The topological polar surface area (TPSA) is 51.2 Å². The van der Waals surface area contributed by atoms with Crippen molar-refractivity contribution in [2.24, 2.45) is 0 Å².